The van der Waals surface area contributed by atoms with E-state index in [2.05, 4.69) is 17.0 Å². The Balaban J connectivity index is 2.75. The van der Waals surface area contributed by atoms with Crippen LogP contribution in [0.1, 0.15) is 19.4 Å². The van der Waals surface area contributed by atoms with E-state index < -0.39 is 0 Å². The fourth-order valence-electron chi connectivity index (χ4n) is 1.44. The Labute approximate surface area is 90.4 Å². The molecule has 1 atom stereocenters. The number of rotatable bonds is 4. The van der Waals surface area contributed by atoms with Crippen molar-refractivity contribution in [1.29, 1.82) is 0 Å². The van der Waals surface area contributed by atoms with Crippen LogP contribution in [-0.2, 0) is 16.0 Å². The number of carbonyl (C=O) groups excluding carboxylic acids is 1. The summed E-state index contributed by atoms with van der Waals surface area (Å²) in [5.41, 5.74) is 2.20. The second-order valence-corrected chi connectivity index (χ2v) is 3.40. The Morgan fingerprint density at radius 1 is 1.47 bits per heavy atom. The van der Waals surface area contributed by atoms with Crippen LogP contribution in [0.5, 0.6) is 0 Å². The maximum atomic E-state index is 11.2. The predicted octanol–water partition coefficient (Wildman–Crippen LogP) is 2.22. The van der Waals surface area contributed by atoms with Gasteiger partial charge in [-0.1, -0.05) is 25.1 Å². The molecule has 0 heterocycles. The van der Waals surface area contributed by atoms with E-state index in [-0.39, 0.29) is 12.0 Å². The Morgan fingerprint density at radius 2 is 2.13 bits per heavy atom. The topological polar surface area (TPSA) is 38.3 Å². The summed E-state index contributed by atoms with van der Waals surface area (Å²) in [6.45, 7) is 3.88. The van der Waals surface area contributed by atoms with Gasteiger partial charge in [-0.05, 0) is 25.0 Å². The zero-order valence-electron chi connectivity index (χ0n) is 9.41. The van der Waals surface area contributed by atoms with Crippen molar-refractivity contribution in [3.05, 3.63) is 29.8 Å². The van der Waals surface area contributed by atoms with E-state index in [0.29, 0.717) is 0 Å². The molecule has 82 valence electrons. The molecule has 0 aliphatic heterocycles. The third-order valence-corrected chi connectivity index (χ3v) is 2.33. The van der Waals surface area contributed by atoms with Crippen molar-refractivity contribution in [3.63, 3.8) is 0 Å². The van der Waals surface area contributed by atoms with Crippen LogP contribution in [-0.4, -0.2) is 19.1 Å². The molecule has 0 aliphatic rings. The summed E-state index contributed by atoms with van der Waals surface area (Å²) in [7, 11) is 1.40. The van der Waals surface area contributed by atoms with Crippen LogP contribution in [0.3, 0.4) is 0 Å². The molecule has 0 spiro atoms. The van der Waals surface area contributed by atoms with Crippen molar-refractivity contribution in [2.24, 2.45) is 0 Å². The molecule has 0 amide bonds. The quantitative estimate of drug-likeness (QED) is 0.769. The summed E-state index contributed by atoms with van der Waals surface area (Å²) in [5.74, 6) is -0.249. The van der Waals surface area contributed by atoms with Crippen molar-refractivity contribution in [1.82, 2.24) is 0 Å². The zero-order valence-corrected chi connectivity index (χ0v) is 9.41. The molecule has 0 saturated carbocycles. The van der Waals surface area contributed by atoms with Crippen LogP contribution in [0.4, 0.5) is 5.69 Å². The number of hydrogen-bond donors (Lipinski definition) is 1. The van der Waals surface area contributed by atoms with Crippen molar-refractivity contribution >= 4 is 11.7 Å². The van der Waals surface area contributed by atoms with E-state index in [0.717, 1.165) is 12.1 Å². The lowest BCUT2D eigenvalue weighted by atomic mass is 10.1. The molecule has 1 aromatic carbocycles. The molecule has 1 rings (SSSR count). The molecule has 0 fully saturated rings. The minimum absolute atomic E-state index is 0.249. The van der Waals surface area contributed by atoms with E-state index in [1.165, 1.54) is 12.7 Å². The molecule has 3 nitrogen and oxygen atoms in total. The summed E-state index contributed by atoms with van der Waals surface area (Å²) >= 11 is 0. The first kappa shape index (κ1) is 11.6. The third kappa shape index (κ3) is 2.98. The van der Waals surface area contributed by atoms with Gasteiger partial charge in [-0.25, -0.2) is 4.79 Å². The molecular weight excluding hydrogens is 190 g/mol. The monoisotopic (exact) mass is 207 g/mol. The van der Waals surface area contributed by atoms with Crippen LogP contribution >= 0.6 is 0 Å². The van der Waals surface area contributed by atoms with Gasteiger partial charge in [0, 0.05) is 5.69 Å². The molecule has 0 aromatic heterocycles. The van der Waals surface area contributed by atoms with Gasteiger partial charge in [0.15, 0.2) is 0 Å². The van der Waals surface area contributed by atoms with Crippen LogP contribution < -0.4 is 5.32 Å². The Morgan fingerprint density at radius 3 is 2.73 bits per heavy atom. The number of methoxy groups -OCH3 is 1. The van der Waals surface area contributed by atoms with E-state index in [1.807, 2.05) is 24.3 Å². The molecule has 0 saturated heterocycles. The maximum absolute atomic E-state index is 11.2. The number of para-hydroxylation sites is 1. The minimum Gasteiger partial charge on any atom is -0.467 e. The largest absolute Gasteiger partial charge is 0.467 e. The van der Waals surface area contributed by atoms with Gasteiger partial charge < -0.3 is 10.1 Å². The number of nitrogens with one attached hydrogen (secondary N) is 1. The average Bonchev–Trinajstić information content (AvgIpc) is 2.28. The van der Waals surface area contributed by atoms with Crippen LogP contribution in [0.15, 0.2) is 24.3 Å². The van der Waals surface area contributed by atoms with Crippen molar-refractivity contribution < 1.29 is 9.53 Å². The number of aryl methyl sites for hydroxylation is 1. The minimum atomic E-state index is -0.317. The summed E-state index contributed by atoms with van der Waals surface area (Å²) < 4.78 is 4.66. The molecular formula is C12H17NO2. The van der Waals surface area contributed by atoms with Gasteiger partial charge in [-0.15, -0.1) is 0 Å². The Bertz CT molecular complexity index is 336. The summed E-state index contributed by atoms with van der Waals surface area (Å²) in [4.78, 5) is 11.2. The summed E-state index contributed by atoms with van der Waals surface area (Å²) in [6.07, 6.45) is 0.942. The number of carbonyl (C=O) groups is 1. The molecule has 1 aromatic rings. The molecule has 0 radical (unpaired) electrons. The first-order valence-electron chi connectivity index (χ1n) is 5.11. The number of benzene rings is 1. The lowest BCUT2D eigenvalue weighted by molar-refractivity contribution is -0.141. The Kier molecular flexibility index (Phi) is 4.16. The van der Waals surface area contributed by atoms with Crippen molar-refractivity contribution in [2.45, 2.75) is 26.3 Å². The van der Waals surface area contributed by atoms with Gasteiger partial charge in [0.1, 0.15) is 6.04 Å². The van der Waals surface area contributed by atoms with Crippen molar-refractivity contribution in [3.8, 4) is 0 Å². The second-order valence-electron chi connectivity index (χ2n) is 3.40. The molecule has 3 heteroatoms. The highest BCUT2D eigenvalue weighted by atomic mass is 16.5. The lowest BCUT2D eigenvalue weighted by Crippen LogP contribution is -2.27. The highest BCUT2D eigenvalue weighted by molar-refractivity contribution is 5.79. The number of hydrogen-bond acceptors (Lipinski definition) is 3. The van der Waals surface area contributed by atoms with Gasteiger partial charge in [0.2, 0.25) is 0 Å². The molecule has 15 heavy (non-hydrogen) atoms. The van der Waals surface area contributed by atoms with E-state index in [1.54, 1.807) is 6.92 Å². The molecule has 0 unspecified atom stereocenters. The Hall–Kier alpha value is -1.51. The van der Waals surface area contributed by atoms with Crippen LogP contribution in [0, 0.1) is 0 Å². The van der Waals surface area contributed by atoms with E-state index >= 15 is 0 Å². The standard InChI is InChI=1S/C12H17NO2/c1-4-10-7-5-6-8-11(10)13-9(2)12(14)15-3/h5-9,13H,4H2,1-3H3/t9-/m0/s1. The zero-order chi connectivity index (χ0) is 11.3. The smallest absolute Gasteiger partial charge is 0.327 e. The fourth-order valence-corrected chi connectivity index (χ4v) is 1.44. The highest BCUT2D eigenvalue weighted by Gasteiger charge is 2.13. The highest BCUT2D eigenvalue weighted by Crippen LogP contribution is 2.16. The van der Waals surface area contributed by atoms with Crippen molar-refractivity contribution in [2.75, 3.05) is 12.4 Å². The predicted molar refractivity (Wildman–Crippen MR) is 60.9 cm³/mol. The molecule has 0 bridgehead atoms. The first-order chi connectivity index (χ1) is 7.19. The van der Waals surface area contributed by atoms with Gasteiger partial charge in [0.05, 0.1) is 7.11 Å². The van der Waals surface area contributed by atoms with Crippen LogP contribution in [0.2, 0.25) is 0 Å². The van der Waals surface area contributed by atoms with Gasteiger partial charge in [0.25, 0.3) is 0 Å². The average molecular weight is 207 g/mol. The van der Waals surface area contributed by atoms with Gasteiger partial charge in [-0.2, -0.15) is 0 Å². The van der Waals surface area contributed by atoms with E-state index in [4.69, 9.17) is 0 Å². The number of anilines is 1. The summed E-state index contributed by atoms with van der Waals surface area (Å²) in [6, 6.07) is 7.64. The normalized spacial score (nSPS) is 11.9. The van der Waals surface area contributed by atoms with Crippen LogP contribution in [0.25, 0.3) is 0 Å². The summed E-state index contributed by atoms with van der Waals surface area (Å²) in [5, 5.41) is 3.14. The van der Waals surface area contributed by atoms with Gasteiger partial charge >= 0.3 is 5.97 Å². The first-order valence-corrected chi connectivity index (χ1v) is 5.11. The SMILES string of the molecule is CCc1ccccc1N[C@@H](C)C(=O)OC. The van der Waals surface area contributed by atoms with E-state index in [9.17, 15) is 4.79 Å². The van der Waals surface area contributed by atoms with Gasteiger partial charge in [-0.3, -0.25) is 0 Å². The molecule has 1 N–H and O–H groups in total. The fraction of sp³-hybridized carbons (Fsp3) is 0.417. The maximum Gasteiger partial charge on any atom is 0.327 e. The number of ether oxygens (including phenoxy) is 1. The third-order valence-electron chi connectivity index (χ3n) is 2.33. The number of esters is 1. The lowest BCUT2D eigenvalue weighted by Gasteiger charge is -2.15. The second kappa shape index (κ2) is 5.39. The molecule has 0 aliphatic carbocycles.